The van der Waals surface area contributed by atoms with Gasteiger partial charge in [0.25, 0.3) is 0 Å². The van der Waals surface area contributed by atoms with Gasteiger partial charge in [-0.25, -0.2) is 12.7 Å². The number of sulfonamides is 1. The number of nitrogens with one attached hydrogen (secondary N) is 1. The molecule has 0 unspecified atom stereocenters. The van der Waals surface area contributed by atoms with E-state index in [-0.39, 0.29) is 30.2 Å². The molecule has 29 heavy (non-hydrogen) atoms. The maximum Gasteiger partial charge on any atom is 0.228 e. The highest BCUT2D eigenvalue weighted by atomic mass is 32.2. The van der Waals surface area contributed by atoms with Crippen molar-refractivity contribution in [3.05, 3.63) is 60.2 Å². The van der Waals surface area contributed by atoms with Crippen LogP contribution in [-0.2, 0) is 20.6 Å². The minimum absolute atomic E-state index is 0.0422. The summed E-state index contributed by atoms with van der Waals surface area (Å²) in [6.07, 6.45) is 1.44. The maximum absolute atomic E-state index is 12.8. The van der Waals surface area contributed by atoms with E-state index in [1.165, 1.54) is 4.31 Å². The molecule has 156 valence electrons. The van der Waals surface area contributed by atoms with E-state index in [1.54, 1.807) is 24.3 Å². The van der Waals surface area contributed by atoms with E-state index in [1.807, 2.05) is 44.2 Å². The van der Waals surface area contributed by atoms with Crippen LogP contribution >= 0.6 is 0 Å². The van der Waals surface area contributed by atoms with Gasteiger partial charge in [-0.05, 0) is 56.5 Å². The first-order valence-electron chi connectivity index (χ1n) is 9.93. The Balaban J connectivity index is 1.60. The van der Waals surface area contributed by atoms with Crippen molar-refractivity contribution in [3.8, 4) is 5.75 Å². The lowest BCUT2D eigenvalue weighted by Gasteiger charge is -2.31. The highest BCUT2D eigenvalue weighted by Gasteiger charge is 2.32. The van der Waals surface area contributed by atoms with E-state index in [9.17, 15) is 13.2 Å². The molecule has 0 spiro atoms. The average molecular weight is 417 g/mol. The SMILES string of the molecule is CC(C)Oc1ccc(NC(=O)[C@H]2CCCN(S(=O)(=O)Cc3ccccc3)C2)cc1. The second kappa shape index (κ2) is 9.41. The molecule has 2 aromatic rings. The highest BCUT2D eigenvalue weighted by molar-refractivity contribution is 7.88. The molecule has 0 aliphatic carbocycles. The zero-order valence-corrected chi connectivity index (χ0v) is 17.7. The summed E-state index contributed by atoms with van der Waals surface area (Å²) in [6, 6.07) is 16.3. The largest absolute Gasteiger partial charge is 0.491 e. The predicted octanol–water partition coefficient (Wildman–Crippen LogP) is 3.65. The first kappa shape index (κ1) is 21.3. The second-order valence-electron chi connectivity index (χ2n) is 7.62. The van der Waals surface area contributed by atoms with E-state index in [4.69, 9.17) is 4.74 Å². The Hall–Kier alpha value is -2.38. The zero-order valence-electron chi connectivity index (χ0n) is 16.9. The number of rotatable bonds is 7. The number of ether oxygens (including phenoxy) is 1. The van der Waals surface area contributed by atoms with Gasteiger partial charge in [0.1, 0.15) is 5.75 Å². The third kappa shape index (κ3) is 6.05. The Kier molecular flexibility index (Phi) is 6.92. The summed E-state index contributed by atoms with van der Waals surface area (Å²) < 4.78 is 32.6. The molecule has 6 nitrogen and oxygen atoms in total. The lowest BCUT2D eigenvalue weighted by molar-refractivity contribution is -0.120. The van der Waals surface area contributed by atoms with Crippen molar-refractivity contribution < 1.29 is 17.9 Å². The van der Waals surface area contributed by atoms with Gasteiger partial charge in [0.2, 0.25) is 15.9 Å². The topological polar surface area (TPSA) is 75.7 Å². The average Bonchev–Trinajstić information content (AvgIpc) is 2.69. The molecule has 3 rings (SSSR count). The summed E-state index contributed by atoms with van der Waals surface area (Å²) in [7, 11) is -3.46. The third-order valence-electron chi connectivity index (χ3n) is 4.83. The van der Waals surface area contributed by atoms with Crippen LogP contribution in [-0.4, -0.2) is 37.8 Å². The van der Waals surface area contributed by atoms with Gasteiger partial charge in [-0.1, -0.05) is 30.3 Å². The van der Waals surface area contributed by atoms with Crippen molar-refractivity contribution in [2.24, 2.45) is 5.92 Å². The number of anilines is 1. The summed E-state index contributed by atoms with van der Waals surface area (Å²) in [5.74, 6) is 0.191. The fourth-order valence-corrected chi connectivity index (χ4v) is 5.03. The molecule has 1 atom stereocenters. The van der Waals surface area contributed by atoms with E-state index in [0.717, 1.165) is 11.3 Å². The molecule has 1 fully saturated rings. The van der Waals surface area contributed by atoms with Gasteiger partial charge >= 0.3 is 0 Å². The molecule has 1 aliphatic heterocycles. The van der Waals surface area contributed by atoms with Gasteiger partial charge in [-0.3, -0.25) is 4.79 Å². The van der Waals surface area contributed by atoms with Gasteiger partial charge in [-0.15, -0.1) is 0 Å². The van der Waals surface area contributed by atoms with Crippen LogP contribution in [0.3, 0.4) is 0 Å². The summed E-state index contributed by atoms with van der Waals surface area (Å²) in [5.41, 5.74) is 1.43. The highest BCUT2D eigenvalue weighted by Crippen LogP contribution is 2.24. The molecule has 1 N–H and O–H groups in total. The monoisotopic (exact) mass is 416 g/mol. The van der Waals surface area contributed by atoms with Crippen molar-refractivity contribution in [1.29, 1.82) is 0 Å². The fourth-order valence-electron chi connectivity index (χ4n) is 3.42. The normalized spacial score (nSPS) is 17.8. The fraction of sp³-hybridized carbons (Fsp3) is 0.409. The summed E-state index contributed by atoms with van der Waals surface area (Å²) in [5, 5.41) is 2.90. The summed E-state index contributed by atoms with van der Waals surface area (Å²) >= 11 is 0. The van der Waals surface area contributed by atoms with E-state index in [0.29, 0.717) is 25.1 Å². The Bertz CT molecular complexity index is 912. The molecule has 0 bridgehead atoms. The second-order valence-corrected chi connectivity index (χ2v) is 9.59. The number of nitrogens with zero attached hydrogens (tertiary/aromatic N) is 1. The van der Waals surface area contributed by atoms with Gasteiger partial charge in [-0.2, -0.15) is 0 Å². The molecule has 7 heteroatoms. The molecular weight excluding hydrogens is 388 g/mol. The molecule has 1 aliphatic rings. The van der Waals surface area contributed by atoms with Crippen LogP contribution in [0.1, 0.15) is 32.3 Å². The summed E-state index contributed by atoms with van der Waals surface area (Å²) in [6.45, 7) is 4.59. The van der Waals surface area contributed by atoms with E-state index in [2.05, 4.69) is 5.32 Å². The van der Waals surface area contributed by atoms with Crippen LogP contribution in [0.5, 0.6) is 5.75 Å². The van der Waals surface area contributed by atoms with Crippen LogP contribution < -0.4 is 10.1 Å². The molecule has 1 saturated heterocycles. The molecule has 2 aromatic carbocycles. The molecule has 1 amide bonds. The van der Waals surface area contributed by atoms with Crippen LogP contribution in [0.25, 0.3) is 0 Å². The van der Waals surface area contributed by atoms with Crippen molar-refractivity contribution in [2.75, 3.05) is 18.4 Å². The Labute approximate surface area is 172 Å². The minimum Gasteiger partial charge on any atom is -0.491 e. The van der Waals surface area contributed by atoms with Gasteiger partial charge < -0.3 is 10.1 Å². The number of piperidine rings is 1. The number of hydrogen-bond donors (Lipinski definition) is 1. The quantitative estimate of drug-likeness (QED) is 0.747. The van der Waals surface area contributed by atoms with Gasteiger partial charge in [0.15, 0.2) is 0 Å². The molecular formula is C22H28N2O4S. The van der Waals surface area contributed by atoms with E-state index < -0.39 is 10.0 Å². The minimum atomic E-state index is -3.46. The van der Waals surface area contributed by atoms with Crippen molar-refractivity contribution in [2.45, 2.75) is 38.5 Å². The van der Waals surface area contributed by atoms with Crippen molar-refractivity contribution >= 4 is 21.6 Å². The molecule has 1 heterocycles. The van der Waals surface area contributed by atoms with E-state index >= 15 is 0 Å². The van der Waals surface area contributed by atoms with Crippen LogP contribution in [0.15, 0.2) is 54.6 Å². The lowest BCUT2D eigenvalue weighted by Crippen LogP contribution is -2.44. The lowest BCUT2D eigenvalue weighted by atomic mass is 9.99. The van der Waals surface area contributed by atoms with Crippen molar-refractivity contribution in [1.82, 2.24) is 4.31 Å². The molecule has 0 radical (unpaired) electrons. The molecule has 0 aromatic heterocycles. The predicted molar refractivity (Wildman–Crippen MR) is 114 cm³/mol. The maximum atomic E-state index is 12.8. The van der Waals surface area contributed by atoms with Crippen LogP contribution in [0.4, 0.5) is 5.69 Å². The Morgan fingerprint density at radius 2 is 1.83 bits per heavy atom. The number of carbonyl (C=O) groups is 1. The van der Waals surface area contributed by atoms with Crippen LogP contribution in [0.2, 0.25) is 0 Å². The summed E-state index contributed by atoms with van der Waals surface area (Å²) in [4.78, 5) is 12.7. The standard InChI is InChI=1S/C22H28N2O4S/c1-17(2)28-21-12-10-20(11-13-21)23-22(25)19-9-6-14-24(15-19)29(26,27)16-18-7-4-3-5-8-18/h3-5,7-8,10-13,17,19H,6,9,14-16H2,1-2H3,(H,23,25)/t19-/m0/s1. The molecule has 0 saturated carbocycles. The Morgan fingerprint density at radius 1 is 1.14 bits per heavy atom. The van der Waals surface area contributed by atoms with Crippen LogP contribution in [0, 0.1) is 5.92 Å². The smallest absolute Gasteiger partial charge is 0.228 e. The number of carbonyl (C=O) groups excluding carboxylic acids is 1. The number of amides is 1. The Morgan fingerprint density at radius 3 is 2.48 bits per heavy atom. The third-order valence-corrected chi connectivity index (χ3v) is 6.65. The number of benzene rings is 2. The van der Waals surface area contributed by atoms with Gasteiger partial charge in [0.05, 0.1) is 17.8 Å². The first-order valence-corrected chi connectivity index (χ1v) is 11.5. The number of hydrogen-bond acceptors (Lipinski definition) is 4. The first-order chi connectivity index (χ1) is 13.8. The van der Waals surface area contributed by atoms with Gasteiger partial charge in [0, 0.05) is 18.8 Å². The van der Waals surface area contributed by atoms with Crippen molar-refractivity contribution in [3.63, 3.8) is 0 Å². The zero-order chi connectivity index (χ0) is 20.9.